The van der Waals surface area contributed by atoms with Crippen LogP contribution in [0.3, 0.4) is 0 Å². The molecule has 0 N–H and O–H groups in total. The lowest BCUT2D eigenvalue weighted by molar-refractivity contribution is 0.120. The van der Waals surface area contributed by atoms with E-state index in [9.17, 15) is 0 Å². The largest absolute Gasteiger partial charge is 0.367 e. The minimum atomic E-state index is 0.491. The van der Waals surface area contributed by atoms with Gasteiger partial charge in [-0.25, -0.2) is 0 Å². The maximum absolute atomic E-state index is 5.36. The van der Waals surface area contributed by atoms with Crippen molar-refractivity contribution in [1.29, 1.82) is 0 Å². The molecule has 38 valence electrons. The van der Waals surface area contributed by atoms with E-state index in [0.29, 0.717) is 12.2 Å². The average Bonchev–Trinajstić information content (AvgIpc) is 2.22. The molecule has 2 rings (SSSR count). The van der Waals surface area contributed by atoms with Crippen molar-refractivity contribution >= 4 is 0 Å². The first-order chi connectivity index (χ1) is 3.45. The Morgan fingerprint density at radius 2 is 1.71 bits per heavy atom. The van der Waals surface area contributed by atoms with Crippen LogP contribution in [0.4, 0.5) is 0 Å². The molecule has 2 atom stereocenters. The molecular formula is C6H8O. The van der Waals surface area contributed by atoms with Gasteiger partial charge in [0.05, 0.1) is 12.2 Å². The van der Waals surface area contributed by atoms with E-state index in [2.05, 4.69) is 12.2 Å². The summed E-state index contributed by atoms with van der Waals surface area (Å²) in [7, 11) is 0. The van der Waals surface area contributed by atoms with E-state index in [0.717, 1.165) is 0 Å². The predicted octanol–water partition coefficient (Wildman–Crippen LogP) is 1.10. The van der Waals surface area contributed by atoms with E-state index in [1.165, 1.54) is 12.8 Å². The van der Waals surface area contributed by atoms with E-state index < -0.39 is 0 Å². The number of fused-ring (bicyclic) bond motifs is 2. The van der Waals surface area contributed by atoms with E-state index in [1.807, 2.05) is 0 Å². The molecule has 2 aliphatic rings. The summed E-state index contributed by atoms with van der Waals surface area (Å²) in [4.78, 5) is 0. The van der Waals surface area contributed by atoms with E-state index in [-0.39, 0.29) is 0 Å². The monoisotopic (exact) mass is 96.1 g/mol. The van der Waals surface area contributed by atoms with Crippen LogP contribution < -0.4 is 0 Å². The SMILES string of the molecule is C1=C[C@@H]2CCC1O2. The number of hydrogen-bond donors (Lipinski definition) is 0. The molecular weight excluding hydrogens is 88.1 g/mol. The molecule has 1 fully saturated rings. The summed E-state index contributed by atoms with van der Waals surface area (Å²) in [5, 5.41) is 0. The Morgan fingerprint density at radius 1 is 1.14 bits per heavy atom. The summed E-state index contributed by atoms with van der Waals surface area (Å²) in [5.41, 5.74) is 0. The van der Waals surface area contributed by atoms with Crippen LogP contribution in [0.2, 0.25) is 0 Å². The van der Waals surface area contributed by atoms with Crippen LogP contribution in [-0.2, 0) is 4.74 Å². The molecule has 7 heavy (non-hydrogen) atoms. The van der Waals surface area contributed by atoms with Gasteiger partial charge in [-0.05, 0) is 12.8 Å². The Bertz CT molecular complexity index is 94.7. The zero-order chi connectivity index (χ0) is 4.69. The van der Waals surface area contributed by atoms with Gasteiger partial charge in [-0.3, -0.25) is 0 Å². The second-order valence-corrected chi connectivity index (χ2v) is 2.18. The standard InChI is InChI=1S/C6H8O/c1-2-6-4-3-5(1)7-6/h1-2,5-6H,3-4H2/t5-,6?/m1/s1. The average molecular weight is 96.1 g/mol. The quantitative estimate of drug-likeness (QED) is 0.410. The van der Waals surface area contributed by atoms with Gasteiger partial charge in [0.1, 0.15) is 0 Å². The van der Waals surface area contributed by atoms with Gasteiger partial charge < -0.3 is 4.74 Å². The molecule has 0 aromatic heterocycles. The lowest BCUT2D eigenvalue weighted by atomic mass is 10.1. The van der Waals surface area contributed by atoms with Crippen LogP contribution in [0.25, 0.3) is 0 Å². The molecule has 2 aliphatic heterocycles. The van der Waals surface area contributed by atoms with Gasteiger partial charge in [-0.1, -0.05) is 12.2 Å². The first kappa shape index (κ1) is 3.67. The predicted molar refractivity (Wildman–Crippen MR) is 27.0 cm³/mol. The first-order valence-electron chi connectivity index (χ1n) is 2.79. The highest BCUT2D eigenvalue weighted by Gasteiger charge is 2.25. The fourth-order valence-corrected chi connectivity index (χ4v) is 1.22. The Kier molecular flexibility index (Phi) is 0.577. The molecule has 1 nitrogen and oxygen atoms in total. The van der Waals surface area contributed by atoms with Gasteiger partial charge in [0.15, 0.2) is 0 Å². The molecule has 2 heterocycles. The summed E-state index contributed by atoms with van der Waals surface area (Å²) in [6.45, 7) is 0. The van der Waals surface area contributed by atoms with Crippen molar-refractivity contribution in [3.8, 4) is 0 Å². The Morgan fingerprint density at radius 3 is 1.86 bits per heavy atom. The molecule has 0 aromatic rings. The van der Waals surface area contributed by atoms with Gasteiger partial charge in [-0.15, -0.1) is 0 Å². The molecule has 0 radical (unpaired) electrons. The van der Waals surface area contributed by atoms with Crippen molar-refractivity contribution in [2.75, 3.05) is 0 Å². The topological polar surface area (TPSA) is 9.23 Å². The number of rotatable bonds is 0. The van der Waals surface area contributed by atoms with Crippen molar-refractivity contribution in [3.63, 3.8) is 0 Å². The minimum absolute atomic E-state index is 0.491. The maximum Gasteiger partial charge on any atom is 0.0765 e. The van der Waals surface area contributed by atoms with Crippen LogP contribution in [0, 0.1) is 0 Å². The van der Waals surface area contributed by atoms with Gasteiger partial charge in [0.25, 0.3) is 0 Å². The minimum Gasteiger partial charge on any atom is -0.367 e. The fraction of sp³-hybridized carbons (Fsp3) is 0.667. The smallest absolute Gasteiger partial charge is 0.0765 e. The third-order valence-electron chi connectivity index (χ3n) is 1.63. The van der Waals surface area contributed by atoms with Gasteiger partial charge in [-0.2, -0.15) is 0 Å². The highest BCUT2D eigenvalue weighted by Crippen LogP contribution is 2.27. The molecule has 0 aromatic carbocycles. The molecule has 2 bridgehead atoms. The molecule has 0 aliphatic carbocycles. The third kappa shape index (κ3) is 0.416. The van der Waals surface area contributed by atoms with Gasteiger partial charge in [0.2, 0.25) is 0 Å². The summed E-state index contributed by atoms with van der Waals surface area (Å²) in [5.74, 6) is 0. The van der Waals surface area contributed by atoms with Crippen LogP contribution in [0.5, 0.6) is 0 Å². The lowest BCUT2D eigenvalue weighted by Crippen LogP contribution is -1.95. The maximum atomic E-state index is 5.36. The number of hydrogen-bond acceptors (Lipinski definition) is 1. The van der Waals surface area contributed by atoms with Crippen molar-refractivity contribution in [1.82, 2.24) is 0 Å². The molecule has 1 saturated heterocycles. The summed E-state index contributed by atoms with van der Waals surface area (Å²) in [6, 6.07) is 0. The Hall–Kier alpha value is -0.300. The summed E-state index contributed by atoms with van der Waals surface area (Å²) < 4.78 is 5.36. The molecule has 0 saturated carbocycles. The highest BCUT2D eigenvalue weighted by atomic mass is 16.5. The lowest BCUT2D eigenvalue weighted by Gasteiger charge is -1.93. The normalized spacial score (nSPS) is 45.7. The van der Waals surface area contributed by atoms with E-state index in [1.54, 1.807) is 0 Å². The van der Waals surface area contributed by atoms with Crippen LogP contribution >= 0.6 is 0 Å². The second-order valence-electron chi connectivity index (χ2n) is 2.18. The van der Waals surface area contributed by atoms with Crippen molar-refractivity contribution < 1.29 is 4.74 Å². The van der Waals surface area contributed by atoms with Crippen molar-refractivity contribution in [3.05, 3.63) is 12.2 Å². The molecule has 0 spiro atoms. The third-order valence-corrected chi connectivity index (χ3v) is 1.63. The Balaban J connectivity index is 2.27. The Labute approximate surface area is 43.0 Å². The fourth-order valence-electron chi connectivity index (χ4n) is 1.22. The van der Waals surface area contributed by atoms with Crippen LogP contribution in [-0.4, -0.2) is 12.2 Å². The van der Waals surface area contributed by atoms with Gasteiger partial charge in [0, 0.05) is 0 Å². The van der Waals surface area contributed by atoms with Crippen LogP contribution in [0.15, 0.2) is 12.2 Å². The first-order valence-corrected chi connectivity index (χ1v) is 2.79. The summed E-state index contributed by atoms with van der Waals surface area (Å²) >= 11 is 0. The second kappa shape index (κ2) is 1.10. The van der Waals surface area contributed by atoms with Gasteiger partial charge >= 0.3 is 0 Å². The van der Waals surface area contributed by atoms with E-state index in [4.69, 9.17) is 4.74 Å². The summed E-state index contributed by atoms with van der Waals surface area (Å²) in [6.07, 6.45) is 7.81. The van der Waals surface area contributed by atoms with Crippen LogP contribution in [0.1, 0.15) is 12.8 Å². The number of ether oxygens (including phenoxy) is 1. The molecule has 0 amide bonds. The van der Waals surface area contributed by atoms with Crippen molar-refractivity contribution in [2.24, 2.45) is 0 Å². The molecule has 1 heteroatoms. The highest BCUT2D eigenvalue weighted by molar-refractivity contribution is 5.07. The van der Waals surface area contributed by atoms with Crippen molar-refractivity contribution in [2.45, 2.75) is 25.0 Å². The van der Waals surface area contributed by atoms with E-state index >= 15 is 0 Å². The zero-order valence-corrected chi connectivity index (χ0v) is 4.13. The zero-order valence-electron chi connectivity index (χ0n) is 4.13. The molecule has 1 unspecified atom stereocenters.